The summed E-state index contributed by atoms with van der Waals surface area (Å²) in [6, 6.07) is 0. The number of aliphatic hydroxyl groups is 1. The van der Waals surface area contributed by atoms with Gasteiger partial charge in [0.15, 0.2) is 0 Å². The van der Waals surface area contributed by atoms with E-state index in [2.05, 4.69) is 22.2 Å². The monoisotopic (exact) mass is 269 g/mol. The van der Waals surface area contributed by atoms with E-state index < -0.39 is 0 Å². The molecule has 2 rings (SSSR count). The molecular weight excluding hydrogens is 250 g/mol. The van der Waals surface area contributed by atoms with Gasteiger partial charge in [-0.05, 0) is 38.5 Å². The highest BCUT2D eigenvalue weighted by molar-refractivity contribution is 6.30. The van der Waals surface area contributed by atoms with Crippen LogP contribution >= 0.6 is 11.6 Å². The fourth-order valence-corrected chi connectivity index (χ4v) is 2.58. The Labute approximate surface area is 113 Å². The predicted molar refractivity (Wildman–Crippen MR) is 72.9 cm³/mol. The number of aliphatic hydroxyl groups excluding tert-OH is 1. The standard InChI is InChI=1S/C13H20ClN3O/c1-9-3-5-13(7-18,6-4-9)17-12-10(2)11(14)15-8-16-12/h8-9,18H,3-7H2,1-2H3,(H,15,16,17). The van der Waals surface area contributed by atoms with Crippen LogP contribution in [0.4, 0.5) is 5.82 Å². The molecular formula is C13H20ClN3O. The number of rotatable bonds is 3. The largest absolute Gasteiger partial charge is 0.394 e. The van der Waals surface area contributed by atoms with Crippen LogP contribution in [0.3, 0.4) is 0 Å². The molecule has 0 aliphatic heterocycles. The zero-order valence-corrected chi connectivity index (χ0v) is 11.7. The average molecular weight is 270 g/mol. The maximum Gasteiger partial charge on any atom is 0.137 e. The van der Waals surface area contributed by atoms with E-state index in [9.17, 15) is 5.11 Å². The van der Waals surface area contributed by atoms with Crippen molar-refractivity contribution in [3.05, 3.63) is 17.0 Å². The summed E-state index contributed by atoms with van der Waals surface area (Å²) in [5.41, 5.74) is 0.584. The summed E-state index contributed by atoms with van der Waals surface area (Å²) in [7, 11) is 0. The number of nitrogens with zero attached hydrogens (tertiary/aromatic N) is 2. The van der Waals surface area contributed by atoms with E-state index in [-0.39, 0.29) is 12.1 Å². The highest BCUT2D eigenvalue weighted by Crippen LogP contribution is 2.35. The molecule has 1 fully saturated rings. The molecule has 2 N–H and O–H groups in total. The van der Waals surface area contributed by atoms with Crippen LogP contribution in [0.15, 0.2) is 6.33 Å². The van der Waals surface area contributed by atoms with E-state index in [0.717, 1.165) is 43.0 Å². The normalized spacial score (nSPS) is 28.1. The summed E-state index contributed by atoms with van der Waals surface area (Å²) in [5, 5.41) is 13.6. The van der Waals surface area contributed by atoms with Gasteiger partial charge in [0.2, 0.25) is 0 Å². The maximum atomic E-state index is 9.71. The summed E-state index contributed by atoms with van der Waals surface area (Å²) in [5.74, 6) is 1.47. The van der Waals surface area contributed by atoms with Crippen molar-refractivity contribution in [2.45, 2.75) is 45.1 Å². The maximum absolute atomic E-state index is 9.71. The lowest BCUT2D eigenvalue weighted by Gasteiger charge is -2.39. The topological polar surface area (TPSA) is 58.0 Å². The minimum Gasteiger partial charge on any atom is -0.394 e. The third-order valence-electron chi connectivity index (χ3n) is 3.94. The van der Waals surface area contributed by atoms with Crippen molar-refractivity contribution in [1.29, 1.82) is 0 Å². The summed E-state index contributed by atoms with van der Waals surface area (Å²) < 4.78 is 0. The van der Waals surface area contributed by atoms with Gasteiger partial charge in [-0.1, -0.05) is 18.5 Å². The van der Waals surface area contributed by atoms with E-state index in [4.69, 9.17) is 11.6 Å². The summed E-state index contributed by atoms with van der Waals surface area (Å²) in [6.07, 6.45) is 5.64. The van der Waals surface area contributed by atoms with Crippen molar-refractivity contribution in [2.75, 3.05) is 11.9 Å². The van der Waals surface area contributed by atoms with Gasteiger partial charge in [-0.2, -0.15) is 0 Å². The Morgan fingerprint density at radius 1 is 1.44 bits per heavy atom. The number of nitrogens with one attached hydrogen (secondary N) is 1. The van der Waals surface area contributed by atoms with Gasteiger partial charge < -0.3 is 10.4 Å². The lowest BCUT2D eigenvalue weighted by molar-refractivity contribution is 0.155. The Balaban J connectivity index is 2.17. The van der Waals surface area contributed by atoms with E-state index >= 15 is 0 Å². The molecule has 0 aromatic carbocycles. The van der Waals surface area contributed by atoms with Gasteiger partial charge in [-0.15, -0.1) is 0 Å². The molecule has 0 amide bonds. The minimum absolute atomic E-state index is 0.126. The molecule has 0 spiro atoms. The van der Waals surface area contributed by atoms with Crippen molar-refractivity contribution in [1.82, 2.24) is 9.97 Å². The Bertz CT molecular complexity index is 417. The first kappa shape index (κ1) is 13.6. The molecule has 1 aromatic rings. The Morgan fingerprint density at radius 3 is 2.72 bits per heavy atom. The number of hydrogen-bond acceptors (Lipinski definition) is 4. The van der Waals surface area contributed by atoms with Crippen LogP contribution in [-0.4, -0.2) is 27.2 Å². The van der Waals surface area contributed by atoms with Gasteiger partial charge in [0.1, 0.15) is 17.3 Å². The number of halogens is 1. The average Bonchev–Trinajstić information content (AvgIpc) is 2.38. The van der Waals surface area contributed by atoms with E-state index in [1.807, 2.05) is 6.92 Å². The molecule has 1 aromatic heterocycles. The lowest BCUT2D eigenvalue weighted by Crippen LogP contribution is -2.45. The molecule has 1 aliphatic carbocycles. The molecule has 0 bridgehead atoms. The molecule has 5 heteroatoms. The zero-order chi connectivity index (χ0) is 13.2. The molecule has 1 aliphatic rings. The van der Waals surface area contributed by atoms with Crippen LogP contribution in [0.25, 0.3) is 0 Å². The van der Waals surface area contributed by atoms with E-state index in [1.165, 1.54) is 6.33 Å². The van der Waals surface area contributed by atoms with E-state index in [0.29, 0.717) is 5.15 Å². The molecule has 0 radical (unpaired) electrons. The number of anilines is 1. The molecule has 0 atom stereocenters. The quantitative estimate of drug-likeness (QED) is 0.829. The molecule has 100 valence electrons. The van der Waals surface area contributed by atoms with Crippen LogP contribution in [0, 0.1) is 12.8 Å². The fourth-order valence-electron chi connectivity index (χ4n) is 2.44. The third kappa shape index (κ3) is 2.75. The highest BCUT2D eigenvalue weighted by atomic mass is 35.5. The second-order valence-electron chi connectivity index (χ2n) is 5.38. The first-order valence-corrected chi connectivity index (χ1v) is 6.80. The number of hydrogen-bond donors (Lipinski definition) is 2. The molecule has 18 heavy (non-hydrogen) atoms. The van der Waals surface area contributed by atoms with Gasteiger partial charge in [0, 0.05) is 5.56 Å². The minimum atomic E-state index is -0.255. The Morgan fingerprint density at radius 2 is 2.11 bits per heavy atom. The van der Waals surface area contributed by atoms with Crippen LogP contribution in [0.5, 0.6) is 0 Å². The van der Waals surface area contributed by atoms with Crippen molar-refractivity contribution in [3.8, 4) is 0 Å². The second kappa shape index (κ2) is 5.41. The smallest absolute Gasteiger partial charge is 0.137 e. The van der Waals surface area contributed by atoms with Crippen LogP contribution in [-0.2, 0) is 0 Å². The molecule has 1 saturated carbocycles. The van der Waals surface area contributed by atoms with Gasteiger partial charge >= 0.3 is 0 Å². The Hall–Kier alpha value is -0.870. The Kier molecular flexibility index (Phi) is 4.07. The van der Waals surface area contributed by atoms with Crippen LogP contribution in [0.2, 0.25) is 5.15 Å². The van der Waals surface area contributed by atoms with Crippen molar-refractivity contribution in [2.24, 2.45) is 5.92 Å². The summed E-state index contributed by atoms with van der Waals surface area (Å²) in [6.45, 7) is 4.27. The first-order chi connectivity index (χ1) is 8.56. The summed E-state index contributed by atoms with van der Waals surface area (Å²) in [4.78, 5) is 8.17. The predicted octanol–water partition coefficient (Wildman–Crippen LogP) is 2.79. The molecule has 1 heterocycles. The van der Waals surface area contributed by atoms with Crippen molar-refractivity contribution in [3.63, 3.8) is 0 Å². The zero-order valence-electron chi connectivity index (χ0n) is 10.9. The first-order valence-electron chi connectivity index (χ1n) is 6.42. The van der Waals surface area contributed by atoms with Crippen LogP contribution < -0.4 is 5.32 Å². The summed E-state index contributed by atoms with van der Waals surface area (Å²) >= 11 is 5.99. The van der Waals surface area contributed by atoms with Gasteiger partial charge in [0.05, 0.1) is 12.1 Å². The van der Waals surface area contributed by atoms with E-state index in [1.54, 1.807) is 0 Å². The molecule has 0 saturated heterocycles. The molecule has 0 unspecified atom stereocenters. The molecule has 4 nitrogen and oxygen atoms in total. The fraction of sp³-hybridized carbons (Fsp3) is 0.692. The third-order valence-corrected chi connectivity index (χ3v) is 4.32. The van der Waals surface area contributed by atoms with Gasteiger partial charge in [-0.3, -0.25) is 0 Å². The van der Waals surface area contributed by atoms with Gasteiger partial charge in [-0.25, -0.2) is 9.97 Å². The number of aromatic nitrogens is 2. The van der Waals surface area contributed by atoms with Crippen molar-refractivity contribution < 1.29 is 5.11 Å². The van der Waals surface area contributed by atoms with Gasteiger partial charge in [0.25, 0.3) is 0 Å². The second-order valence-corrected chi connectivity index (χ2v) is 5.74. The lowest BCUT2D eigenvalue weighted by atomic mass is 9.77. The SMILES string of the molecule is Cc1c(Cl)ncnc1NC1(CO)CCC(C)CC1. The van der Waals surface area contributed by atoms with Crippen LogP contribution in [0.1, 0.15) is 38.2 Å². The highest BCUT2D eigenvalue weighted by Gasteiger charge is 2.34. The van der Waals surface area contributed by atoms with Crippen molar-refractivity contribution >= 4 is 17.4 Å².